The largest absolute Gasteiger partial charge is 0.365 e. The van der Waals surface area contributed by atoms with Gasteiger partial charge in [-0.1, -0.05) is 6.07 Å². The van der Waals surface area contributed by atoms with Crippen LogP contribution in [0.1, 0.15) is 16.1 Å². The summed E-state index contributed by atoms with van der Waals surface area (Å²) in [4.78, 5) is 19.6. The Morgan fingerprint density at radius 3 is 3.28 bits per heavy atom. The predicted octanol–water partition coefficient (Wildman–Crippen LogP) is 1.09. The first-order chi connectivity index (χ1) is 8.83. The molecule has 2 aromatic rings. The van der Waals surface area contributed by atoms with Crippen molar-refractivity contribution in [3.63, 3.8) is 0 Å². The van der Waals surface area contributed by atoms with E-state index in [2.05, 4.69) is 26.7 Å². The smallest absolute Gasteiger partial charge is 0.347 e. The molecule has 0 radical (unpaired) electrons. The standard InChI is InChI=1S/C12H14N4OS/c17-12-15-10-3-4-13-7-9(10)11(16-12)14-6-8-2-1-5-18-8/h1-2,5,13H,3-4,6-7H2,(H2,14,15,16,17). The third-order valence-corrected chi connectivity index (χ3v) is 3.86. The van der Waals surface area contributed by atoms with Gasteiger partial charge in [0, 0.05) is 35.6 Å². The van der Waals surface area contributed by atoms with Gasteiger partial charge in [-0.25, -0.2) is 4.79 Å². The summed E-state index contributed by atoms with van der Waals surface area (Å²) in [5, 5.41) is 8.59. The molecule has 3 heterocycles. The van der Waals surface area contributed by atoms with Crippen molar-refractivity contribution in [3.8, 4) is 0 Å². The maximum Gasteiger partial charge on any atom is 0.347 e. The van der Waals surface area contributed by atoms with Gasteiger partial charge in [0.15, 0.2) is 0 Å². The number of nitrogens with zero attached hydrogens (tertiary/aromatic N) is 1. The molecule has 3 N–H and O–H groups in total. The lowest BCUT2D eigenvalue weighted by atomic mass is 10.1. The zero-order valence-corrected chi connectivity index (χ0v) is 10.6. The minimum absolute atomic E-state index is 0.274. The average Bonchev–Trinajstić information content (AvgIpc) is 2.89. The maximum atomic E-state index is 11.5. The van der Waals surface area contributed by atoms with E-state index in [1.165, 1.54) is 4.88 Å². The number of anilines is 1. The molecule has 3 rings (SSSR count). The summed E-state index contributed by atoms with van der Waals surface area (Å²) in [5.74, 6) is 0.703. The Labute approximate surface area is 108 Å². The van der Waals surface area contributed by atoms with Crippen LogP contribution < -0.4 is 16.3 Å². The minimum Gasteiger partial charge on any atom is -0.365 e. The summed E-state index contributed by atoms with van der Waals surface area (Å²) in [6, 6.07) is 4.08. The molecule has 18 heavy (non-hydrogen) atoms. The van der Waals surface area contributed by atoms with Crippen LogP contribution >= 0.6 is 11.3 Å². The van der Waals surface area contributed by atoms with Crippen molar-refractivity contribution in [2.75, 3.05) is 11.9 Å². The molecular formula is C12H14N4OS. The van der Waals surface area contributed by atoms with Crippen LogP contribution in [-0.4, -0.2) is 16.5 Å². The van der Waals surface area contributed by atoms with E-state index in [1.54, 1.807) is 11.3 Å². The van der Waals surface area contributed by atoms with Crippen LogP contribution in [-0.2, 0) is 19.5 Å². The fourth-order valence-electron chi connectivity index (χ4n) is 2.11. The highest BCUT2D eigenvalue weighted by Gasteiger charge is 2.15. The Balaban J connectivity index is 1.86. The van der Waals surface area contributed by atoms with Crippen LogP contribution in [0.3, 0.4) is 0 Å². The number of aromatic nitrogens is 2. The second kappa shape index (κ2) is 4.91. The number of aromatic amines is 1. The molecule has 0 saturated carbocycles. The summed E-state index contributed by atoms with van der Waals surface area (Å²) in [6.07, 6.45) is 0.848. The zero-order chi connectivity index (χ0) is 12.4. The number of nitrogens with one attached hydrogen (secondary N) is 3. The molecule has 2 aromatic heterocycles. The first-order valence-electron chi connectivity index (χ1n) is 5.92. The SMILES string of the molecule is O=c1nc(NCc2cccs2)c2c([nH]1)CCNC2. The fraction of sp³-hybridized carbons (Fsp3) is 0.333. The van der Waals surface area contributed by atoms with Gasteiger partial charge in [-0.15, -0.1) is 11.3 Å². The molecule has 0 bridgehead atoms. The Morgan fingerprint density at radius 1 is 1.50 bits per heavy atom. The summed E-state index contributed by atoms with van der Waals surface area (Å²) in [5.41, 5.74) is 1.81. The van der Waals surface area contributed by atoms with Crippen molar-refractivity contribution in [2.24, 2.45) is 0 Å². The number of hydrogen-bond acceptors (Lipinski definition) is 5. The number of thiophene rings is 1. The average molecular weight is 262 g/mol. The first-order valence-corrected chi connectivity index (χ1v) is 6.80. The molecule has 0 atom stereocenters. The van der Waals surface area contributed by atoms with E-state index in [0.717, 1.165) is 30.8 Å². The van der Waals surface area contributed by atoms with Gasteiger partial charge in [0.25, 0.3) is 0 Å². The van der Waals surface area contributed by atoms with Crippen LogP contribution in [0.25, 0.3) is 0 Å². The summed E-state index contributed by atoms with van der Waals surface area (Å²) in [6.45, 7) is 2.36. The predicted molar refractivity (Wildman–Crippen MR) is 71.9 cm³/mol. The summed E-state index contributed by atoms with van der Waals surface area (Å²) in [7, 11) is 0. The second-order valence-electron chi connectivity index (χ2n) is 4.21. The van der Waals surface area contributed by atoms with Gasteiger partial charge in [0.2, 0.25) is 0 Å². The van der Waals surface area contributed by atoms with Gasteiger partial charge in [-0.05, 0) is 11.4 Å². The number of H-pyrrole nitrogens is 1. The fourth-order valence-corrected chi connectivity index (χ4v) is 2.75. The molecule has 0 aromatic carbocycles. The molecule has 0 saturated heterocycles. The summed E-state index contributed by atoms with van der Waals surface area (Å²) < 4.78 is 0. The number of rotatable bonds is 3. The molecule has 5 nitrogen and oxygen atoms in total. The molecule has 0 spiro atoms. The van der Waals surface area contributed by atoms with Crippen molar-refractivity contribution in [1.82, 2.24) is 15.3 Å². The van der Waals surface area contributed by atoms with E-state index in [0.29, 0.717) is 12.4 Å². The molecule has 0 unspecified atom stereocenters. The van der Waals surface area contributed by atoms with Gasteiger partial charge >= 0.3 is 5.69 Å². The monoisotopic (exact) mass is 262 g/mol. The molecule has 0 amide bonds. The van der Waals surface area contributed by atoms with Crippen LogP contribution in [0.2, 0.25) is 0 Å². The molecule has 0 fully saturated rings. The van der Waals surface area contributed by atoms with Crippen LogP contribution in [0.5, 0.6) is 0 Å². The van der Waals surface area contributed by atoms with E-state index in [-0.39, 0.29) is 5.69 Å². The first kappa shape index (κ1) is 11.4. The molecule has 1 aliphatic heterocycles. The van der Waals surface area contributed by atoms with E-state index in [1.807, 2.05) is 11.4 Å². The quantitative estimate of drug-likeness (QED) is 0.774. The lowest BCUT2D eigenvalue weighted by Gasteiger charge is -2.19. The van der Waals surface area contributed by atoms with E-state index < -0.39 is 0 Å². The van der Waals surface area contributed by atoms with Gasteiger partial charge < -0.3 is 15.6 Å². The minimum atomic E-state index is -0.274. The van der Waals surface area contributed by atoms with Crippen molar-refractivity contribution in [1.29, 1.82) is 0 Å². The molecule has 6 heteroatoms. The lowest BCUT2D eigenvalue weighted by Crippen LogP contribution is -2.29. The number of hydrogen-bond donors (Lipinski definition) is 3. The Morgan fingerprint density at radius 2 is 2.44 bits per heavy atom. The van der Waals surface area contributed by atoms with Crippen molar-refractivity contribution in [3.05, 3.63) is 44.1 Å². The molecule has 0 aliphatic carbocycles. The molecular weight excluding hydrogens is 248 g/mol. The van der Waals surface area contributed by atoms with E-state index >= 15 is 0 Å². The highest BCUT2D eigenvalue weighted by atomic mass is 32.1. The Kier molecular flexibility index (Phi) is 3.12. The van der Waals surface area contributed by atoms with Crippen molar-refractivity contribution < 1.29 is 0 Å². The van der Waals surface area contributed by atoms with E-state index in [4.69, 9.17) is 0 Å². The van der Waals surface area contributed by atoms with Crippen LogP contribution in [0.15, 0.2) is 22.3 Å². The summed E-state index contributed by atoms with van der Waals surface area (Å²) >= 11 is 1.69. The Bertz CT molecular complexity index is 591. The highest BCUT2D eigenvalue weighted by molar-refractivity contribution is 7.09. The Hall–Kier alpha value is -1.66. The van der Waals surface area contributed by atoms with Gasteiger partial charge in [0.05, 0.1) is 6.54 Å². The number of fused-ring (bicyclic) bond motifs is 1. The third-order valence-electron chi connectivity index (χ3n) is 2.99. The van der Waals surface area contributed by atoms with Gasteiger partial charge in [-0.2, -0.15) is 4.98 Å². The third kappa shape index (κ3) is 2.30. The van der Waals surface area contributed by atoms with Gasteiger partial charge in [-0.3, -0.25) is 0 Å². The topological polar surface area (TPSA) is 69.8 Å². The maximum absolute atomic E-state index is 11.5. The van der Waals surface area contributed by atoms with Gasteiger partial charge in [0.1, 0.15) is 5.82 Å². The molecule has 94 valence electrons. The lowest BCUT2D eigenvalue weighted by molar-refractivity contribution is 0.624. The molecule has 1 aliphatic rings. The van der Waals surface area contributed by atoms with Crippen molar-refractivity contribution >= 4 is 17.2 Å². The van der Waals surface area contributed by atoms with Crippen molar-refractivity contribution in [2.45, 2.75) is 19.5 Å². The zero-order valence-electron chi connectivity index (χ0n) is 9.82. The second-order valence-corrected chi connectivity index (χ2v) is 5.24. The van der Waals surface area contributed by atoms with Crippen LogP contribution in [0, 0.1) is 0 Å². The normalized spacial score (nSPS) is 14.2. The van der Waals surface area contributed by atoms with E-state index in [9.17, 15) is 4.79 Å². The highest BCUT2D eigenvalue weighted by Crippen LogP contribution is 2.18. The van der Waals surface area contributed by atoms with Crippen LogP contribution in [0.4, 0.5) is 5.82 Å².